The number of carboxylic acids is 1. The topological polar surface area (TPSA) is 75.1 Å². The molecule has 106 valence electrons. The Morgan fingerprint density at radius 2 is 1.95 bits per heavy atom. The summed E-state index contributed by atoms with van der Waals surface area (Å²) in [4.78, 5) is 19.4. The molecule has 0 radical (unpaired) electrons. The molecule has 2 N–H and O–H groups in total. The van der Waals surface area contributed by atoms with Crippen LogP contribution >= 0.6 is 0 Å². The summed E-state index contributed by atoms with van der Waals surface area (Å²) in [6.07, 6.45) is 4.92. The number of aryl methyl sites for hydroxylation is 1. The van der Waals surface area contributed by atoms with Gasteiger partial charge in [0.25, 0.3) is 0 Å². The normalized spacial score (nSPS) is 13.3. The fraction of sp³-hybridized carbons (Fsp3) is 0.643. The molecule has 0 saturated heterocycles. The molecule has 19 heavy (non-hydrogen) atoms. The zero-order chi connectivity index (χ0) is 14.5. The van der Waals surface area contributed by atoms with Crippen LogP contribution in [-0.2, 0) is 11.3 Å². The van der Waals surface area contributed by atoms with Crippen LogP contribution in [0.1, 0.15) is 45.0 Å². The monoisotopic (exact) mass is 265 g/mol. The first kappa shape index (κ1) is 15.6. The third-order valence-corrected chi connectivity index (χ3v) is 2.87. The van der Waals surface area contributed by atoms with Gasteiger partial charge in [-0.3, -0.25) is 4.79 Å². The lowest BCUT2D eigenvalue weighted by Gasteiger charge is -2.21. The van der Waals surface area contributed by atoms with Crippen LogP contribution < -0.4 is 5.32 Å². The van der Waals surface area contributed by atoms with Gasteiger partial charge in [0.05, 0.1) is 0 Å². The minimum atomic E-state index is -0.808. The summed E-state index contributed by atoms with van der Waals surface area (Å²) in [6.45, 7) is 8.63. The molecule has 0 aliphatic heterocycles. The summed E-state index contributed by atoms with van der Waals surface area (Å²) in [6, 6.07) is -0.527. The Labute approximate surface area is 114 Å². The Hall–Kier alpha value is -1.49. The molecule has 5 nitrogen and oxygen atoms in total. The number of nitrogens with one attached hydrogen (secondary N) is 1. The molecule has 0 saturated carbocycles. The largest absolute Gasteiger partial charge is 0.480 e. The number of carboxylic acid groups (broad SMARTS) is 1. The number of nitrogens with zero attached hydrogens (tertiary/aromatic N) is 2. The van der Waals surface area contributed by atoms with E-state index in [4.69, 9.17) is 0 Å². The van der Waals surface area contributed by atoms with Crippen LogP contribution in [0.25, 0.3) is 0 Å². The van der Waals surface area contributed by atoms with E-state index in [0.717, 1.165) is 12.0 Å². The van der Waals surface area contributed by atoms with Crippen LogP contribution in [0.5, 0.6) is 0 Å². The van der Waals surface area contributed by atoms with Gasteiger partial charge in [-0.25, -0.2) is 9.97 Å². The van der Waals surface area contributed by atoms with Gasteiger partial charge in [0.15, 0.2) is 0 Å². The average Bonchev–Trinajstić information content (AvgIpc) is 2.29. The van der Waals surface area contributed by atoms with Crippen molar-refractivity contribution in [2.75, 3.05) is 0 Å². The van der Waals surface area contributed by atoms with Gasteiger partial charge in [0, 0.05) is 24.5 Å². The van der Waals surface area contributed by atoms with Crippen LogP contribution in [0.4, 0.5) is 0 Å². The van der Waals surface area contributed by atoms with Gasteiger partial charge in [-0.2, -0.15) is 0 Å². The van der Waals surface area contributed by atoms with E-state index in [1.807, 2.05) is 6.92 Å². The van der Waals surface area contributed by atoms with E-state index in [-0.39, 0.29) is 5.41 Å². The summed E-state index contributed by atoms with van der Waals surface area (Å²) in [5.41, 5.74) is 1.04. The molecule has 0 amide bonds. The number of hydrogen-bond donors (Lipinski definition) is 2. The molecule has 5 heteroatoms. The van der Waals surface area contributed by atoms with Crippen molar-refractivity contribution in [3.8, 4) is 0 Å². The lowest BCUT2D eigenvalue weighted by atomic mass is 9.88. The Kier molecular flexibility index (Phi) is 5.42. The lowest BCUT2D eigenvalue weighted by Crippen LogP contribution is -2.37. The first-order valence-corrected chi connectivity index (χ1v) is 6.51. The van der Waals surface area contributed by atoms with E-state index in [2.05, 4.69) is 36.1 Å². The summed E-state index contributed by atoms with van der Waals surface area (Å²) in [7, 11) is 0. The smallest absolute Gasteiger partial charge is 0.320 e. The Balaban J connectivity index is 2.50. The zero-order valence-corrected chi connectivity index (χ0v) is 12.1. The highest BCUT2D eigenvalue weighted by Crippen LogP contribution is 2.21. The Morgan fingerprint density at radius 3 is 2.42 bits per heavy atom. The van der Waals surface area contributed by atoms with Crippen molar-refractivity contribution < 1.29 is 9.90 Å². The highest BCUT2D eigenvalue weighted by Gasteiger charge is 2.20. The third kappa shape index (κ3) is 6.29. The lowest BCUT2D eigenvalue weighted by molar-refractivity contribution is -0.139. The summed E-state index contributed by atoms with van der Waals surface area (Å²) in [5.74, 6) is -0.0939. The summed E-state index contributed by atoms with van der Waals surface area (Å²) in [5, 5.41) is 12.2. The van der Waals surface area contributed by atoms with Crippen LogP contribution in [-0.4, -0.2) is 27.1 Å². The second kappa shape index (κ2) is 6.61. The highest BCUT2D eigenvalue weighted by atomic mass is 16.4. The van der Waals surface area contributed by atoms with Gasteiger partial charge < -0.3 is 10.4 Å². The number of aliphatic carboxylic acids is 1. The van der Waals surface area contributed by atoms with Crippen LogP contribution in [0.3, 0.4) is 0 Å². The molecule has 1 aromatic rings. The van der Waals surface area contributed by atoms with E-state index in [0.29, 0.717) is 18.8 Å². The fourth-order valence-corrected chi connectivity index (χ4v) is 1.64. The minimum absolute atomic E-state index is 0.141. The molecule has 0 fully saturated rings. The van der Waals surface area contributed by atoms with E-state index in [1.54, 1.807) is 12.4 Å². The molecular formula is C14H23N3O2. The van der Waals surface area contributed by atoms with Crippen molar-refractivity contribution in [3.63, 3.8) is 0 Å². The predicted octanol–water partition coefficient (Wildman–Crippen LogP) is 2.15. The number of aromatic nitrogens is 2. The molecule has 1 heterocycles. The van der Waals surface area contributed by atoms with Crippen molar-refractivity contribution >= 4 is 5.97 Å². The van der Waals surface area contributed by atoms with E-state index >= 15 is 0 Å². The quantitative estimate of drug-likeness (QED) is 0.824. The van der Waals surface area contributed by atoms with Crippen LogP contribution in [0.2, 0.25) is 0 Å². The maximum atomic E-state index is 11.2. The zero-order valence-electron chi connectivity index (χ0n) is 12.1. The minimum Gasteiger partial charge on any atom is -0.480 e. The Bertz CT molecular complexity index is 410. The number of hydrogen-bond acceptors (Lipinski definition) is 4. The third-order valence-electron chi connectivity index (χ3n) is 2.87. The first-order chi connectivity index (χ1) is 8.78. The number of carbonyl (C=O) groups is 1. The van der Waals surface area contributed by atoms with Crippen molar-refractivity contribution in [1.29, 1.82) is 0 Å². The van der Waals surface area contributed by atoms with Gasteiger partial charge in [-0.15, -0.1) is 0 Å². The molecule has 0 aliphatic carbocycles. The van der Waals surface area contributed by atoms with Crippen molar-refractivity contribution in [2.24, 2.45) is 5.41 Å². The predicted molar refractivity (Wildman–Crippen MR) is 73.7 cm³/mol. The van der Waals surface area contributed by atoms with Gasteiger partial charge >= 0.3 is 5.97 Å². The SMILES string of the molecule is Cc1ncc(CNC(CCC(C)(C)C)C(=O)O)cn1. The second-order valence-electron chi connectivity index (χ2n) is 6.01. The highest BCUT2D eigenvalue weighted by molar-refractivity contribution is 5.73. The molecule has 0 aromatic carbocycles. The van der Waals surface area contributed by atoms with Gasteiger partial charge in [-0.1, -0.05) is 20.8 Å². The molecule has 1 aromatic heterocycles. The van der Waals surface area contributed by atoms with E-state index in [1.165, 1.54) is 0 Å². The first-order valence-electron chi connectivity index (χ1n) is 6.51. The van der Waals surface area contributed by atoms with Gasteiger partial charge in [0.2, 0.25) is 0 Å². The standard InChI is InChI=1S/C14H23N3O2/c1-10-15-7-11(8-16-10)9-17-12(13(18)19)5-6-14(2,3)4/h7-8,12,17H,5-6,9H2,1-4H3,(H,18,19). The maximum Gasteiger partial charge on any atom is 0.320 e. The molecule has 1 unspecified atom stereocenters. The summed E-state index contributed by atoms with van der Waals surface area (Å²) >= 11 is 0. The van der Waals surface area contributed by atoms with Gasteiger partial charge in [-0.05, 0) is 25.2 Å². The Morgan fingerprint density at radius 1 is 1.37 bits per heavy atom. The number of rotatable bonds is 6. The van der Waals surface area contributed by atoms with E-state index in [9.17, 15) is 9.90 Å². The van der Waals surface area contributed by atoms with Crippen LogP contribution in [0, 0.1) is 12.3 Å². The van der Waals surface area contributed by atoms with Crippen molar-refractivity contribution in [3.05, 3.63) is 23.8 Å². The molecule has 0 bridgehead atoms. The molecule has 1 rings (SSSR count). The molecule has 1 atom stereocenters. The van der Waals surface area contributed by atoms with Gasteiger partial charge in [0.1, 0.15) is 11.9 Å². The second-order valence-corrected chi connectivity index (χ2v) is 6.01. The summed E-state index contributed by atoms with van der Waals surface area (Å²) < 4.78 is 0. The van der Waals surface area contributed by atoms with Crippen LogP contribution in [0.15, 0.2) is 12.4 Å². The molecule has 0 spiro atoms. The van der Waals surface area contributed by atoms with E-state index < -0.39 is 12.0 Å². The average molecular weight is 265 g/mol. The van der Waals surface area contributed by atoms with Crippen molar-refractivity contribution in [1.82, 2.24) is 15.3 Å². The van der Waals surface area contributed by atoms with Crippen molar-refractivity contribution in [2.45, 2.75) is 53.1 Å². The molecular weight excluding hydrogens is 242 g/mol. The fourth-order valence-electron chi connectivity index (χ4n) is 1.64. The maximum absolute atomic E-state index is 11.2. The molecule has 0 aliphatic rings.